The number of carbonyl (C=O) groups is 2. The predicted molar refractivity (Wildman–Crippen MR) is 191 cm³/mol. The largest absolute Gasteiger partial charge is 0.352 e. The molecule has 1 N–H and O–H groups in total. The first kappa shape index (κ1) is 33.7. The van der Waals surface area contributed by atoms with E-state index in [4.69, 9.17) is 0 Å². The Morgan fingerprint density at radius 3 is 2.09 bits per heavy atom. The SMILES string of the molecule is Cc1ccccc1CN(C(=O)CN(c1ccc(I)cc1)S(=O)(=O)c1ccccc1)[C@H](Cc1ccccc1)C(=O)NC1CCCCC1. The molecule has 240 valence electrons. The topological polar surface area (TPSA) is 86.8 Å². The molecule has 1 atom stereocenters. The lowest BCUT2D eigenvalue weighted by molar-refractivity contribution is -0.140. The molecule has 4 aromatic rings. The summed E-state index contributed by atoms with van der Waals surface area (Å²) in [6.45, 7) is 1.67. The highest BCUT2D eigenvalue weighted by Crippen LogP contribution is 2.26. The quantitative estimate of drug-likeness (QED) is 0.160. The molecule has 0 bridgehead atoms. The number of halogens is 1. The third-order valence-electron chi connectivity index (χ3n) is 8.55. The van der Waals surface area contributed by atoms with Crippen molar-refractivity contribution >= 4 is 50.1 Å². The van der Waals surface area contributed by atoms with Gasteiger partial charge in [0.05, 0.1) is 10.6 Å². The summed E-state index contributed by atoms with van der Waals surface area (Å²) >= 11 is 2.17. The Labute approximate surface area is 286 Å². The Kier molecular flexibility index (Phi) is 11.5. The zero-order chi connectivity index (χ0) is 32.5. The average Bonchev–Trinajstić information content (AvgIpc) is 3.07. The van der Waals surface area contributed by atoms with E-state index < -0.39 is 28.5 Å². The van der Waals surface area contributed by atoms with E-state index in [9.17, 15) is 18.0 Å². The number of hydrogen-bond donors (Lipinski definition) is 1. The maximum Gasteiger partial charge on any atom is 0.264 e. The number of anilines is 1. The van der Waals surface area contributed by atoms with Crippen molar-refractivity contribution < 1.29 is 18.0 Å². The van der Waals surface area contributed by atoms with Crippen LogP contribution in [0.1, 0.15) is 48.8 Å². The number of sulfonamides is 1. The summed E-state index contributed by atoms with van der Waals surface area (Å²) < 4.78 is 30.3. The molecule has 1 fully saturated rings. The van der Waals surface area contributed by atoms with E-state index in [0.717, 1.165) is 56.7 Å². The van der Waals surface area contributed by atoms with Gasteiger partial charge in [0, 0.05) is 22.6 Å². The first-order chi connectivity index (χ1) is 22.2. The fourth-order valence-electron chi connectivity index (χ4n) is 5.93. The lowest BCUT2D eigenvalue weighted by atomic mass is 9.94. The van der Waals surface area contributed by atoms with Gasteiger partial charge in [0.1, 0.15) is 12.6 Å². The minimum atomic E-state index is -4.12. The number of nitrogens with zero attached hydrogens (tertiary/aromatic N) is 2. The van der Waals surface area contributed by atoms with Crippen LogP contribution in [-0.2, 0) is 32.6 Å². The summed E-state index contributed by atoms with van der Waals surface area (Å²) in [5.41, 5.74) is 3.17. The summed E-state index contributed by atoms with van der Waals surface area (Å²) in [4.78, 5) is 30.5. The number of carbonyl (C=O) groups excluding carboxylic acids is 2. The molecule has 9 heteroatoms. The number of amides is 2. The molecule has 1 aliphatic rings. The Morgan fingerprint density at radius 2 is 1.43 bits per heavy atom. The van der Waals surface area contributed by atoms with Crippen molar-refractivity contribution in [3.63, 3.8) is 0 Å². The monoisotopic (exact) mass is 749 g/mol. The number of rotatable bonds is 12. The van der Waals surface area contributed by atoms with E-state index in [2.05, 4.69) is 27.9 Å². The van der Waals surface area contributed by atoms with Gasteiger partial charge in [-0.1, -0.05) is 92.1 Å². The van der Waals surface area contributed by atoms with Crippen LogP contribution in [-0.4, -0.2) is 43.8 Å². The van der Waals surface area contributed by atoms with Crippen molar-refractivity contribution in [1.29, 1.82) is 0 Å². The number of benzene rings is 4. The normalized spacial score (nSPS) is 14.3. The van der Waals surface area contributed by atoms with Gasteiger partial charge in [-0.05, 0) is 95.4 Å². The van der Waals surface area contributed by atoms with Gasteiger partial charge in [-0.2, -0.15) is 0 Å². The molecular weight excluding hydrogens is 709 g/mol. The van der Waals surface area contributed by atoms with E-state index in [0.29, 0.717) is 12.1 Å². The van der Waals surface area contributed by atoms with Gasteiger partial charge in [-0.3, -0.25) is 13.9 Å². The van der Waals surface area contributed by atoms with Crippen LogP contribution in [0.15, 0.2) is 114 Å². The van der Waals surface area contributed by atoms with Crippen LogP contribution >= 0.6 is 22.6 Å². The van der Waals surface area contributed by atoms with Crippen molar-refractivity contribution in [1.82, 2.24) is 10.2 Å². The van der Waals surface area contributed by atoms with Crippen LogP contribution in [0.3, 0.4) is 0 Å². The molecule has 0 aromatic heterocycles. The van der Waals surface area contributed by atoms with Crippen molar-refractivity contribution in [3.8, 4) is 0 Å². The maximum atomic E-state index is 14.7. The van der Waals surface area contributed by atoms with Gasteiger partial charge in [-0.25, -0.2) is 8.42 Å². The average molecular weight is 750 g/mol. The second-order valence-electron chi connectivity index (χ2n) is 11.8. The third kappa shape index (κ3) is 8.55. The highest BCUT2D eigenvalue weighted by molar-refractivity contribution is 14.1. The van der Waals surface area contributed by atoms with Crippen molar-refractivity contribution in [2.24, 2.45) is 0 Å². The van der Waals surface area contributed by atoms with Crippen LogP contribution in [0, 0.1) is 10.5 Å². The van der Waals surface area contributed by atoms with Crippen LogP contribution in [0.25, 0.3) is 0 Å². The highest BCUT2D eigenvalue weighted by atomic mass is 127. The van der Waals surface area contributed by atoms with Crippen LogP contribution in [0.4, 0.5) is 5.69 Å². The van der Waals surface area contributed by atoms with E-state index in [1.807, 2.05) is 73.7 Å². The van der Waals surface area contributed by atoms with Crippen molar-refractivity contribution in [2.45, 2.75) is 69.0 Å². The molecule has 7 nitrogen and oxygen atoms in total. The standard InChI is InChI=1S/C37H40IN3O4S/c1-28-13-11-12-16-30(28)26-40(35(25-29-14-5-2-6-15-29)37(43)39-32-17-7-3-8-18-32)36(42)27-41(33-23-21-31(38)22-24-33)46(44,45)34-19-9-4-10-20-34/h2,4-6,9-16,19-24,32,35H,3,7-8,17-18,25-27H2,1H3,(H,39,43)/t35-/m1/s1. The molecule has 2 amide bonds. The minimum Gasteiger partial charge on any atom is -0.352 e. The highest BCUT2D eigenvalue weighted by Gasteiger charge is 2.35. The first-order valence-corrected chi connectivity index (χ1v) is 18.3. The predicted octanol–water partition coefficient (Wildman–Crippen LogP) is 6.88. The molecule has 46 heavy (non-hydrogen) atoms. The molecule has 0 heterocycles. The van der Waals surface area contributed by atoms with Gasteiger partial charge >= 0.3 is 0 Å². The van der Waals surface area contributed by atoms with Gasteiger partial charge in [-0.15, -0.1) is 0 Å². The fourth-order valence-corrected chi connectivity index (χ4v) is 7.72. The molecule has 1 aliphatic carbocycles. The maximum absolute atomic E-state index is 14.7. The smallest absolute Gasteiger partial charge is 0.264 e. The number of aryl methyl sites for hydroxylation is 1. The van der Waals surface area contributed by atoms with E-state index >= 15 is 0 Å². The van der Waals surface area contributed by atoms with E-state index in [-0.39, 0.29) is 23.4 Å². The zero-order valence-corrected chi connectivity index (χ0v) is 29.0. The summed E-state index contributed by atoms with van der Waals surface area (Å²) in [6, 6.07) is 31.8. The Balaban J connectivity index is 1.56. The molecule has 0 saturated heterocycles. The van der Waals surface area contributed by atoms with Crippen molar-refractivity contribution in [3.05, 3.63) is 129 Å². The minimum absolute atomic E-state index is 0.0525. The summed E-state index contributed by atoms with van der Waals surface area (Å²) in [6.07, 6.45) is 5.38. The fraction of sp³-hybridized carbons (Fsp3) is 0.297. The van der Waals surface area contributed by atoms with Gasteiger partial charge in [0.15, 0.2) is 0 Å². The second-order valence-corrected chi connectivity index (χ2v) is 14.9. The summed E-state index contributed by atoms with van der Waals surface area (Å²) in [7, 11) is -4.12. The zero-order valence-electron chi connectivity index (χ0n) is 26.0. The molecule has 0 unspecified atom stereocenters. The number of nitrogens with one attached hydrogen (secondary N) is 1. The lowest BCUT2D eigenvalue weighted by Gasteiger charge is -2.35. The Morgan fingerprint density at radius 1 is 0.826 bits per heavy atom. The van der Waals surface area contributed by atoms with Gasteiger partial charge < -0.3 is 10.2 Å². The number of hydrogen-bond acceptors (Lipinski definition) is 4. The molecule has 4 aromatic carbocycles. The first-order valence-electron chi connectivity index (χ1n) is 15.7. The third-order valence-corrected chi connectivity index (χ3v) is 11.1. The molecular formula is C37H40IN3O4S. The molecule has 1 saturated carbocycles. The Bertz CT molecular complexity index is 1710. The molecule has 5 rings (SSSR count). The van der Waals surface area contributed by atoms with E-state index in [1.54, 1.807) is 35.2 Å². The van der Waals surface area contributed by atoms with Crippen LogP contribution in [0.2, 0.25) is 0 Å². The molecule has 0 spiro atoms. The second kappa shape index (κ2) is 15.7. The molecule has 0 radical (unpaired) electrons. The van der Waals surface area contributed by atoms with E-state index in [1.165, 1.54) is 12.1 Å². The van der Waals surface area contributed by atoms with Crippen molar-refractivity contribution in [2.75, 3.05) is 10.8 Å². The lowest BCUT2D eigenvalue weighted by Crippen LogP contribution is -2.55. The van der Waals surface area contributed by atoms with Gasteiger partial charge in [0.2, 0.25) is 11.8 Å². The summed E-state index contributed by atoms with van der Waals surface area (Å²) in [5, 5.41) is 3.26. The molecule has 0 aliphatic heterocycles. The summed E-state index contributed by atoms with van der Waals surface area (Å²) in [5.74, 6) is -0.676. The van der Waals surface area contributed by atoms with Gasteiger partial charge in [0.25, 0.3) is 10.0 Å². The Hall–Kier alpha value is -3.70. The van der Waals surface area contributed by atoms with Crippen LogP contribution in [0.5, 0.6) is 0 Å². The van der Waals surface area contributed by atoms with Crippen LogP contribution < -0.4 is 9.62 Å².